The fourth-order valence-electron chi connectivity index (χ4n) is 2.96. The molecule has 0 fully saturated rings. The van der Waals surface area contributed by atoms with Gasteiger partial charge in [-0.25, -0.2) is 4.98 Å². The largest absolute Gasteiger partial charge is 0.452 e. The predicted molar refractivity (Wildman–Crippen MR) is 131 cm³/mol. The van der Waals surface area contributed by atoms with E-state index in [-0.39, 0.29) is 5.75 Å². The summed E-state index contributed by atoms with van der Waals surface area (Å²) in [7, 11) is 0. The van der Waals surface area contributed by atoms with Crippen molar-refractivity contribution in [2.75, 3.05) is 11.1 Å². The molecule has 3 heterocycles. The van der Waals surface area contributed by atoms with Crippen molar-refractivity contribution < 1.29 is 14.3 Å². The lowest BCUT2D eigenvalue weighted by atomic mass is 10.2. The van der Waals surface area contributed by atoms with E-state index < -0.39 is 18.0 Å². The monoisotopic (exact) mass is 499 g/mol. The maximum Gasteiger partial charge on any atom is 0.317 e. The number of benzene rings is 1. The van der Waals surface area contributed by atoms with Crippen LogP contribution in [0.2, 0.25) is 0 Å². The first-order valence-electron chi connectivity index (χ1n) is 10.2. The lowest BCUT2D eigenvalue weighted by Crippen LogP contribution is -2.30. The van der Waals surface area contributed by atoms with Crippen LogP contribution < -0.4 is 5.32 Å². The Morgan fingerprint density at radius 3 is 2.70 bits per heavy atom. The van der Waals surface area contributed by atoms with Gasteiger partial charge in [0, 0.05) is 17.5 Å². The topological polar surface area (TPSA) is 99.0 Å². The summed E-state index contributed by atoms with van der Waals surface area (Å²) >= 11 is 4.13. The smallest absolute Gasteiger partial charge is 0.317 e. The number of carbonyl (C=O) groups is 2. The quantitative estimate of drug-likeness (QED) is 0.261. The molecule has 33 heavy (non-hydrogen) atoms. The first-order valence-corrected chi connectivity index (χ1v) is 12.9. The highest BCUT2D eigenvalue weighted by Gasteiger charge is 2.21. The molecule has 1 N–H and O–H groups in total. The average molecular weight is 500 g/mol. The van der Waals surface area contributed by atoms with Crippen molar-refractivity contribution in [3.8, 4) is 22.0 Å². The van der Waals surface area contributed by atoms with Gasteiger partial charge in [0.2, 0.25) is 0 Å². The van der Waals surface area contributed by atoms with Crippen molar-refractivity contribution >= 4 is 51.4 Å². The fraction of sp³-hybridized carbons (Fsp3) is 0.227. The Hall–Kier alpha value is -3.02. The molecule has 0 aliphatic carbocycles. The molecule has 0 aliphatic heterocycles. The van der Waals surface area contributed by atoms with Gasteiger partial charge < -0.3 is 9.30 Å². The molecule has 0 spiro atoms. The molecule has 1 amide bonds. The van der Waals surface area contributed by atoms with E-state index in [4.69, 9.17) is 4.74 Å². The average Bonchev–Trinajstić information content (AvgIpc) is 3.58. The number of ether oxygens (including phenoxy) is 1. The molecule has 4 rings (SSSR count). The maximum absolute atomic E-state index is 12.4. The minimum absolute atomic E-state index is 0.0234. The van der Waals surface area contributed by atoms with Crippen LogP contribution in [0.1, 0.15) is 13.8 Å². The maximum atomic E-state index is 12.4. The van der Waals surface area contributed by atoms with Crippen LogP contribution in [0.4, 0.5) is 5.13 Å². The number of anilines is 1. The van der Waals surface area contributed by atoms with Crippen molar-refractivity contribution in [1.29, 1.82) is 0 Å². The molecule has 0 saturated carbocycles. The first-order chi connectivity index (χ1) is 16.0. The molecule has 4 aromatic rings. The molecule has 1 unspecified atom stereocenters. The Kier molecular flexibility index (Phi) is 7.53. The van der Waals surface area contributed by atoms with Crippen molar-refractivity contribution in [2.45, 2.75) is 31.7 Å². The van der Waals surface area contributed by atoms with Gasteiger partial charge in [0.05, 0.1) is 16.3 Å². The van der Waals surface area contributed by atoms with E-state index in [0.717, 1.165) is 22.0 Å². The Labute approximate surface area is 203 Å². The van der Waals surface area contributed by atoms with Crippen LogP contribution in [-0.4, -0.2) is 43.5 Å². The van der Waals surface area contributed by atoms with Gasteiger partial charge in [-0.2, -0.15) is 0 Å². The highest BCUT2D eigenvalue weighted by Crippen LogP contribution is 2.27. The summed E-state index contributed by atoms with van der Waals surface area (Å²) in [5, 5.41) is 16.1. The van der Waals surface area contributed by atoms with Gasteiger partial charge in [-0.1, -0.05) is 48.2 Å². The van der Waals surface area contributed by atoms with Crippen molar-refractivity contribution in [3.63, 3.8) is 0 Å². The number of aromatic nitrogens is 4. The van der Waals surface area contributed by atoms with Crippen LogP contribution in [0.25, 0.3) is 22.0 Å². The predicted octanol–water partition coefficient (Wildman–Crippen LogP) is 4.81. The second kappa shape index (κ2) is 10.7. The Bertz CT molecular complexity index is 1220. The molecule has 0 saturated heterocycles. The molecule has 3 aromatic heterocycles. The first kappa shape index (κ1) is 23.1. The normalized spacial score (nSPS) is 11.8. The summed E-state index contributed by atoms with van der Waals surface area (Å²) in [6.07, 6.45) is -0.951. The minimum atomic E-state index is -0.951. The lowest BCUT2D eigenvalue weighted by Gasteiger charge is -2.12. The minimum Gasteiger partial charge on any atom is -0.452 e. The fourth-order valence-corrected chi connectivity index (χ4v) is 5.18. The summed E-state index contributed by atoms with van der Waals surface area (Å²) in [5.74, 6) is -0.140. The zero-order chi connectivity index (χ0) is 23.2. The summed E-state index contributed by atoms with van der Waals surface area (Å²) in [4.78, 5) is 30.2. The van der Waals surface area contributed by atoms with E-state index >= 15 is 0 Å². The zero-order valence-corrected chi connectivity index (χ0v) is 20.4. The van der Waals surface area contributed by atoms with Crippen molar-refractivity contribution in [3.05, 3.63) is 53.2 Å². The van der Waals surface area contributed by atoms with Crippen LogP contribution in [-0.2, 0) is 20.9 Å². The van der Waals surface area contributed by atoms with Gasteiger partial charge in [-0.3, -0.25) is 14.9 Å². The molecule has 1 atom stereocenters. The van der Waals surface area contributed by atoms with E-state index in [1.807, 2.05) is 64.7 Å². The summed E-state index contributed by atoms with van der Waals surface area (Å²) in [5.41, 5.74) is 1.74. The number of thiazole rings is 1. The van der Waals surface area contributed by atoms with E-state index in [9.17, 15) is 9.59 Å². The van der Waals surface area contributed by atoms with Gasteiger partial charge >= 0.3 is 5.97 Å². The highest BCUT2D eigenvalue weighted by atomic mass is 32.2. The Morgan fingerprint density at radius 1 is 1.15 bits per heavy atom. The highest BCUT2D eigenvalue weighted by molar-refractivity contribution is 7.99. The molecule has 0 radical (unpaired) electrons. The van der Waals surface area contributed by atoms with Crippen LogP contribution in [0.15, 0.2) is 58.4 Å². The van der Waals surface area contributed by atoms with Crippen molar-refractivity contribution in [2.24, 2.45) is 0 Å². The van der Waals surface area contributed by atoms with E-state index in [1.165, 1.54) is 30.0 Å². The number of amides is 1. The third-order valence-electron chi connectivity index (χ3n) is 4.58. The van der Waals surface area contributed by atoms with Gasteiger partial charge in [0.1, 0.15) is 0 Å². The number of rotatable bonds is 9. The van der Waals surface area contributed by atoms with E-state index in [2.05, 4.69) is 20.5 Å². The molecule has 8 nitrogen and oxygen atoms in total. The summed E-state index contributed by atoms with van der Waals surface area (Å²) < 4.78 is 7.25. The third kappa shape index (κ3) is 5.67. The van der Waals surface area contributed by atoms with Gasteiger partial charge in [-0.15, -0.1) is 32.9 Å². The van der Waals surface area contributed by atoms with Gasteiger partial charge in [0.25, 0.3) is 5.91 Å². The Balaban J connectivity index is 1.29. The third-order valence-corrected chi connectivity index (χ3v) is 7.14. The molecule has 11 heteroatoms. The Morgan fingerprint density at radius 2 is 1.97 bits per heavy atom. The zero-order valence-electron chi connectivity index (χ0n) is 17.9. The number of hydrogen-bond acceptors (Lipinski definition) is 9. The number of hydrogen-bond donors (Lipinski definition) is 1. The summed E-state index contributed by atoms with van der Waals surface area (Å²) in [6, 6.07) is 13.6. The van der Waals surface area contributed by atoms with Gasteiger partial charge in [0.15, 0.2) is 22.2 Å². The van der Waals surface area contributed by atoms with Crippen LogP contribution in [0.3, 0.4) is 0 Å². The number of nitrogens with zero attached hydrogens (tertiary/aromatic N) is 4. The van der Waals surface area contributed by atoms with Crippen LogP contribution in [0, 0.1) is 0 Å². The summed E-state index contributed by atoms with van der Waals surface area (Å²) in [6.45, 7) is 4.21. The number of thioether (sulfide) groups is 1. The second-order valence-electron chi connectivity index (χ2n) is 6.84. The van der Waals surface area contributed by atoms with Crippen molar-refractivity contribution in [1.82, 2.24) is 19.7 Å². The number of carbonyl (C=O) groups excluding carboxylic acids is 2. The number of esters is 1. The number of nitrogens with one attached hydrogen (secondary N) is 1. The van der Waals surface area contributed by atoms with E-state index in [0.29, 0.717) is 16.8 Å². The standard InChI is InChI=1S/C22H21N5O3S3/c1-3-27-19(17-10-7-11-31-17)25-26-22(27)33-13-18(28)30-14(2)20(29)24-21-23-16(12-32-21)15-8-5-4-6-9-15/h4-12,14H,3,13H2,1-2H3,(H,23,24,29). The van der Waals surface area contributed by atoms with E-state index in [1.54, 1.807) is 11.3 Å². The SMILES string of the molecule is CCn1c(SCC(=O)OC(C)C(=O)Nc2nc(-c3ccccc3)cs2)nnc1-c1cccs1. The molecule has 1 aromatic carbocycles. The molecular weight excluding hydrogens is 478 g/mol. The molecule has 0 aliphatic rings. The van der Waals surface area contributed by atoms with Crippen LogP contribution >= 0.6 is 34.4 Å². The lowest BCUT2D eigenvalue weighted by molar-refractivity contribution is -0.150. The number of thiophene rings is 1. The molecular formula is C22H21N5O3S3. The second-order valence-corrected chi connectivity index (χ2v) is 9.59. The van der Waals surface area contributed by atoms with Gasteiger partial charge in [-0.05, 0) is 25.3 Å². The van der Waals surface area contributed by atoms with Crippen LogP contribution in [0.5, 0.6) is 0 Å². The molecule has 170 valence electrons. The molecule has 0 bridgehead atoms.